The number of Topliss-reactive ketones (excluding diaryl/α,β-unsaturated/α-hetero) is 1. The SMILES string of the molecule is CCCN(Cc1ccc(CCC(C)=O)cc1)C(=O)C1=Cc2sccc2N=C(N)C1. The molecular formula is C23H27N3O2S. The van der Waals surface area contributed by atoms with Crippen LogP contribution >= 0.6 is 11.3 Å². The number of benzene rings is 1. The molecule has 0 bridgehead atoms. The van der Waals surface area contributed by atoms with Gasteiger partial charge in [-0.2, -0.15) is 0 Å². The van der Waals surface area contributed by atoms with Crippen LogP contribution in [0.2, 0.25) is 0 Å². The number of ketones is 1. The maximum Gasteiger partial charge on any atom is 0.250 e. The fraction of sp³-hybridized carbons (Fsp3) is 0.348. The Labute approximate surface area is 175 Å². The van der Waals surface area contributed by atoms with E-state index in [-0.39, 0.29) is 11.7 Å². The van der Waals surface area contributed by atoms with Gasteiger partial charge in [0.2, 0.25) is 0 Å². The molecule has 0 saturated carbocycles. The molecule has 2 N–H and O–H groups in total. The number of hydrogen-bond donors (Lipinski definition) is 1. The number of nitrogens with two attached hydrogens (primary N) is 1. The molecule has 0 aliphatic carbocycles. The lowest BCUT2D eigenvalue weighted by atomic mass is 10.0. The monoisotopic (exact) mass is 409 g/mol. The van der Waals surface area contributed by atoms with Crippen LogP contribution in [0.4, 0.5) is 5.69 Å². The van der Waals surface area contributed by atoms with Crippen molar-refractivity contribution in [2.45, 2.75) is 46.1 Å². The highest BCUT2D eigenvalue weighted by Gasteiger charge is 2.21. The number of nitrogens with zero attached hydrogens (tertiary/aromatic N) is 2. The summed E-state index contributed by atoms with van der Waals surface area (Å²) in [6.45, 7) is 4.91. The van der Waals surface area contributed by atoms with Gasteiger partial charge in [0.05, 0.1) is 10.6 Å². The summed E-state index contributed by atoms with van der Waals surface area (Å²) in [7, 11) is 0. The van der Waals surface area contributed by atoms with E-state index in [0.29, 0.717) is 37.3 Å². The Morgan fingerprint density at radius 1 is 1.17 bits per heavy atom. The van der Waals surface area contributed by atoms with Crippen molar-refractivity contribution in [1.29, 1.82) is 0 Å². The molecule has 0 radical (unpaired) electrons. The summed E-state index contributed by atoms with van der Waals surface area (Å²) in [5.74, 6) is 0.669. The van der Waals surface area contributed by atoms with Gasteiger partial charge in [-0.15, -0.1) is 11.3 Å². The van der Waals surface area contributed by atoms with Crippen molar-refractivity contribution in [1.82, 2.24) is 4.90 Å². The van der Waals surface area contributed by atoms with Crippen molar-refractivity contribution in [3.63, 3.8) is 0 Å². The highest BCUT2D eigenvalue weighted by molar-refractivity contribution is 7.11. The van der Waals surface area contributed by atoms with Crippen LogP contribution in [0.5, 0.6) is 0 Å². The summed E-state index contributed by atoms with van der Waals surface area (Å²) >= 11 is 1.57. The molecule has 6 heteroatoms. The number of carbonyl (C=O) groups is 2. The first kappa shape index (κ1) is 21.0. The fourth-order valence-electron chi connectivity index (χ4n) is 3.33. The molecule has 0 unspecified atom stereocenters. The Morgan fingerprint density at radius 3 is 2.59 bits per heavy atom. The molecule has 2 aromatic rings. The summed E-state index contributed by atoms with van der Waals surface area (Å²) < 4.78 is 0. The third-order valence-electron chi connectivity index (χ3n) is 4.83. The van der Waals surface area contributed by atoms with Gasteiger partial charge in [0, 0.05) is 31.5 Å². The molecule has 1 aromatic heterocycles. The number of carbonyl (C=O) groups excluding carboxylic acids is 2. The second-order valence-corrected chi connectivity index (χ2v) is 8.31. The zero-order valence-corrected chi connectivity index (χ0v) is 17.8. The van der Waals surface area contributed by atoms with Crippen LogP contribution in [0, 0.1) is 0 Å². The minimum absolute atomic E-state index is 0.00639. The van der Waals surface area contributed by atoms with Crippen molar-refractivity contribution in [2.75, 3.05) is 6.54 Å². The average molecular weight is 410 g/mol. The zero-order valence-electron chi connectivity index (χ0n) is 17.0. The van der Waals surface area contributed by atoms with Gasteiger partial charge in [0.25, 0.3) is 5.91 Å². The third-order valence-corrected chi connectivity index (χ3v) is 5.68. The molecule has 1 aliphatic rings. The van der Waals surface area contributed by atoms with Gasteiger partial charge in [0.15, 0.2) is 0 Å². The Hall–Kier alpha value is -2.73. The fourth-order valence-corrected chi connectivity index (χ4v) is 4.12. The van der Waals surface area contributed by atoms with Crippen LogP contribution in [0.1, 0.15) is 49.1 Å². The maximum absolute atomic E-state index is 13.3. The smallest absolute Gasteiger partial charge is 0.250 e. The summed E-state index contributed by atoms with van der Waals surface area (Å²) in [5.41, 5.74) is 9.77. The predicted octanol–water partition coefficient (Wildman–Crippen LogP) is 4.48. The lowest BCUT2D eigenvalue weighted by molar-refractivity contribution is -0.127. The minimum atomic E-state index is 0.00639. The molecule has 29 heavy (non-hydrogen) atoms. The molecule has 0 atom stereocenters. The van der Waals surface area contributed by atoms with Crippen molar-refractivity contribution in [2.24, 2.45) is 10.7 Å². The quantitative estimate of drug-likeness (QED) is 0.698. The summed E-state index contributed by atoms with van der Waals surface area (Å²) in [6, 6.07) is 10.1. The van der Waals surface area contributed by atoms with Gasteiger partial charge in [-0.1, -0.05) is 31.2 Å². The van der Waals surface area contributed by atoms with Crippen molar-refractivity contribution < 1.29 is 9.59 Å². The average Bonchev–Trinajstić information content (AvgIpc) is 3.05. The number of thiophene rings is 1. The van der Waals surface area contributed by atoms with E-state index >= 15 is 0 Å². The lowest BCUT2D eigenvalue weighted by Gasteiger charge is -2.23. The van der Waals surface area contributed by atoms with Crippen LogP contribution in [-0.2, 0) is 22.6 Å². The van der Waals surface area contributed by atoms with E-state index in [4.69, 9.17) is 5.73 Å². The highest BCUT2D eigenvalue weighted by atomic mass is 32.1. The maximum atomic E-state index is 13.3. The lowest BCUT2D eigenvalue weighted by Crippen LogP contribution is -2.33. The number of amides is 1. The first-order chi connectivity index (χ1) is 14.0. The topological polar surface area (TPSA) is 75.8 Å². The molecule has 0 spiro atoms. The Kier molecular flexibility index (Phi) is 6.99. The van der Waals surface area contributed by atoms with Gasteiger partial charge in [-0.25, -0.2) is 4.99 Å². The second kappa shape index (κ2) is 9.65. The van der Waals surface area contributed by atoms with Gasteiger partial charge >= 0.3 is 0 Å². The van der Waals surface area contributed by atoms with Crippen LogP contribution in [-0.4, -0.2) is 29.0 Å². The van der Waals surface area contributed by atoms with Gasteiger partial charge in [0.1, 0.15) is 11.6 Å². The van der Waals surface area contributed by atoms with E-state index < -0.39 is 0 Å². The largest absolute Gasteiger partial charge is 0.387 e. The Bertz CT molecular complexity index is 941. The van der Waals surface area contributed by atoms with E-state index in [1.54, 1.807) is 18.3 Å². The molecule has 152 valence electrons. The number of amidine groups is 1. The number of fused-ring (bicyclic) bond motifs is 1. The first-order valence-corrected chi connectivity index (χ1v) is 10.8. The van der Waals surface area contributed by atoms with Crippen molar-refractivity contribution >= 4 is 40.6 Å². The molecule has 1 aromatic carbocycles. The summed E-state index contributed by atoms with van der Waals surface area (Å²) in [4.78, 5) is 31.7. The number of aliphatic imine (C=N–C) groups is 1. The van der Waals surface area contributed by atoms with Crippen LogP contribution < -0.4 is 5.73 Å². The highest BCUT2D eigenvalue weighted by Crippen LogP contribution is 2.31. The van der Waals surface area contributed by atoms with E-state index in [1.807, 2.05) is 46.7 Å². The molecule has 3 rings (SSSR count). The molecule has 1 amide bonds. The molecule has 5 nitrogen and oxygen atoms in total. The normalized spacial score (nSPS) is 13.2. The minimum Gasteiger partial charge on any atom is -0.387 e. The molecular weight excluding hydrogens is 382 g/mol. The van der Waals surface area contributed by atoms with Crippen LogP contribution in [0.3, 0.4) is 0 Å². The summed E-state index contributed by atoms with van der Waals surface area (Å²) in [6.07, 6.45) is 4.48. The zero-order chi connectivity index (χ0) is 20.8. The Balaban J connectivity index is 1.75. The predicted molar refractivity (Wildman–Crippen MR) is 119 cm³/mol. The standard InChI is InChI=1S/C23H27N3O2S/c1-3-11-26(15-18-8-6-17(7-9-18)5-4-16(2)27)23(28)19-13-21-20(10-12-29-21)25-22(24)14-19/h6-10,12-13H,3-5,11,14-15H2,1-2H3,(H2,24,25). The van der Waals surface area contributed by atoms with E-state index in [2.05, 4.69) is 11.9 Å². The number of hydrogen-bond acceptors (Lipinski definition) is 5. The number of rotatable bonds is 8. The molecule has 1 aliphatic heterocycles. The van der Waals surface area contributed by atoms with E-state index in [9.17, 15) is 9.59 Å². The van der Waals surface area contributed by atoms with Gasteiger partial charge in [-0.05, 0) is 48.4 Å². The van der Waals surface area contributed by atoms with Crippen molar-refractivity contribution in [3.05, 3.63) is 57.3 Å². The summed E-state index contributed by atoms with van der Waals surface area (Å²) in [5, 5.41) is 1.96. The van der Waals surface area contributed by atoms with E-state index in [1.165, 1.54) is 0 Å². The first-order valence-electron chi connectivity index (χ1n) is 9.94. The van der Waals surface area contributed by atoms with Crippen molar-refractivity contribution in [3.8, 4) is 0 Å². The third kappa shape index (κ3) is 5.64. The second-order valence-electron chi connectivity index (χ2n) is 7.36. The van der Waals surface area contributed by atoms with Gasteiger partial charge in [-0.3, -0.25) is 4.79 Å². The molecule has 0 saturated heterocycles. The van der Waals surface area contributed by atoms with Crippen LogP contribution in [0.15, 0.2) is 46.3 Å². The molecule has 0 fully saturated rings. The van der Waals surface area contributed by atoms with Crippen LogP contribution in [0.25, 0.3) is 6.08 Å². The van der Waals surface area contributed by atoms with E-state index in [0.717, 1.165) is 34.5 Å². The Morgan fingerprint density at radius 2 is 1.90 bits per heavy atom. The number of aryl methyl sites for hydroxylation is 1. The molecule has 2 heterocycles. The van der Waals surface area contributed by atoms with Gasteiger partial charge < -0.3 is 15.4 Å².